The molecule has 1 atom stereocenters. The van der Waals surface area contributed by atoms with Crippen molar-refractivity contribution in [1.29, 1.82) is 0 Å². The van der Waals surface area contributed by atoms with E-state index >= 15 is 0 Å². The zero-order valence-electron chi connectivity index (χ0n) is 12.3. The van der Waals surface area contributed by atoms with E-state index in [0.717, 1.165) is 32.5 Å². The third kappa shape index (κ3) is 3.04. The van der Waals surface area contributed by atoms with Crippen LogP contribution in [-0.4, -0.2) is 22.6 Å². The fourth-order valence-electron chi connectivity index (χ4n) is 3.04. The Hall–Kier alpha value is -1.59. The molecule has 2 aromatic heterocycles. The minimum atomic E-state index is 0.0241. The molecule has 4 nitrogen and oxygen atoms in total. The van der Waals surface area contributed by atoms with E-state index in [1.807, 2.05) is 11.3 Å². The first-order valence-corrected chi connectivity index (χ1v) is 8.29. The van der Waals surface area contributed by atoms with Crippen molar-refractivity contribution >= 4 is 17.0 Å². The Morgan fingerprint density at radius 1 is 1.33 bits per heavy atom. The van der Waals surface area contributed by atoms with E-state index in [9.17, 15) is 4.79 Å². The zero-order chi connectivity index (χ0) is 14.8. The summed E-state index contributed by atoms with van der Waals surface area (Å²) in [5.41, 5.74) is 7.88. The van der Waals surface area contributed by atoms with Crippen LogP contribution < -0.4 is 11.3 Å². The summed E-state index contributed by atoms with van der Waals surface area (Å²) in [4.78, 5) is 15.8. The fraction of sp³-hybridized carbons (Fsp3) is 0.438. The molecule has 21 heavy (non-hydrogen) atoms. The van der Waals surface area contributed by atoms with Crippen LogP contribution in [0.25, 0.3) is 0 Å². The molecule has 0 bridgehead atoms. The largest absolute Gasteiger partial charge is 0.398 e. The number of nitrogens with zero attached hydrogens (tertiary/aromatic N) is 2. The van der Waals surface area contributed by atoms with Crippen molar-refractivity contribution in [2.24, 2.45) is 0 Å². The number of nitrogens with two attached hydrogens (primary N) is 1. The van der Waals surface area contributed by atoms with Crippen LogP contribution in [0.1, 0.15) is 29.8 Å². The molecule has 0 fully saturated rings. The van der Waals surface area contributed by atoms with Crippen LogP contribution in [0.15, 0.2) is 34.6 Å². The number of pyridine rings is 1. The third-order valence-electron chi connectivity index (χ3n) is 4.25. The standard InChI is InChI=1S/C16H21N3OS/c1-12-14-6-10-21-15(14)5-9-18(12)7-2-8-19-11-13(17)3-4-16(19)20/h3-4,6,10-12H,2,5,7-9,17H2,1H3. The van der Waals surface area contributed by atoms with Gasteiger partial charge in [-0.05, 0) is 42.8 Å². The van der Waals surface area contributed by atoms with E-state index in [4.69, 9.17) is 5.73 Å². The molecule has 1 aliphatic heterocycles. The molecule has 112 valence electrons. The molecule has 0 saturated heterocycles. The Morgan fingerprint density at radius 2 is 2.19 bits per heavy atom. The predicted molar refractivity (Wildman–Crippen MR) is 87.7 cm³/mol. The van der Waals surface area contributed by atoms with Crippen LogP contribution in [0, 0.1) is 0 Å². The fourth-order valence-corrected chi connectivity index (χ4v) is 4.00. The number of rotatable bonds is 4. The van der Waals surface area contributed by atoms with E-state index in [0.29, 0.717) is 11.7 Å². The Kier molecular flexibility index (Phi) is 4.12. The lowest BCUT2D eigenvalue weighted by atomic mass is 10.0. The average Bonchev–Trinajstić information content (AvgIpc) is 2.94. The van der Waals surface area contributed by atoms with Crippen molar-refractivity contribution in [2.45, 2.75) is 32.4 Å². The number of thiophene rings is 1. The van der Waals surface area contributed by atoms with Crippen molar-refractivity contribution in [3.63, 3.8) is 0 Å². The topological polar surface area (TPSA) is 51.3 Å². The number of hydrogen-bond donors (Lipinski definition) is 1. The highest BCUT2D eigenvalue weighted by atomic mass is 32.1. The molecule has 0 aliphatic carbocycles. The molecule has 1 aliphatic rings. The minimum absolute atomic E-state index is 0.0241. The quantitative estimate of drug-likeness (QED) is 0.944. The van der Waals surface area contributed by atoms with Gasteiger partial charge in [0, 0.05) is 48.5 Å². The Labute approximate surface area is 128 Å². The highest BCUT2D eigenvalue weighted by molar-refractivity contribution is 7.10. The van der Waals surface area contributed by atoms with Gasteiger partial charge in [-0.2, -0.15) is 0 Å². The van der Waals surface area contributed by atoms with Gasteiger partial charge < -0.3 is 10.3 Å². The molecule has 5 heteroatoms. The summed E-state index contributed by atoms with van der Waals surface area (Å²) in [6.07, 6.45) is 3.85. The van der Waals surface area contributed by atoms with Crippen molar-refractivity contribution in [3.8, 4) is 0 Å². The lowest BCUT2D eigenvalue weighted by molar-refractivity contribution is 0.194. The molecule has 2 N–H and O–H groups in total. The van der Waals surface area contributed by atoms with Gasteiger partial charge in [-0.15, -0.1) is 11.3 Å². The maximum absolute atomic E-state index is 11.7. The van der Waals surface area contributed by atoms with Gasteiger partial charge in [-0.25, -0.2) is 0 Å². The van der Waals surface area contributed by atoms with Gasteiger partial charge >= 0.3 is 0 Å². The normalized spacial score (nSPS) is 18.6. The molecule has 0 saturated carbocycles. The highest BCUT2D eigenvalue weighted by Gasteiger charge is 2.23. The summed E-state index contributed by atoms with van der Waals surface area (Å²) < 4.78 is 1.71. The molecular formula is C16H21N3OS. The highest BCUT2D eigenvalue weighted by Crippen LogP contribution is 2.32. The maximum Gasteiger partial charge on any atom is 0.250 e. The lowest BCUT2D eigenvalue weighted by Gasteiger charge is -2.33. The van der Waals surface area contributed by atoms with Crippen LogP contribution in [-0.2, 0) is 13.0 Å². The van der Waals surface area contributed by atoms with Crippen LogP contribution in [0.3, 0.4) is 0 Å². The van der Waals surface area contributed by atoms with Gasteiger partial charge in [0.25, 0.3) is 5.56 Å². The monoisotopic (exact) mass is 303 g/mol. The first-order valence-electron chi connectivity index (χ1n) is 7.41. The minimum Gasteiger partial charge on any atom is -0.398 e. The first-order chi connectivity index (χ1) is 10.1. The Balaban J connectivity index is 1.59. The van der Waals surface area contributed by atoms with Crippen molar-refractivity contribution < 1.29 is 0 Å². The second-order valence-electron chi connectivity index (χ2n) is 5.61. The van der Waals surface area contributed by atoms with Crippen LogP contribution in [0.4, 0.5) is 5.69 Å². The number of aryl methyl sites for hydroxylation is 1. The Bertz CT molecular complexity index is 676. The first kappa shape index (κ1) is 14.4. The molecule has 1 unspecified atom stereocenters. The second-order valence-corrected chi connectivity index (χ2v) is 6.61. The summed E-state index contributed by atoms with van der Waals surface area (Å²) in [7, 11) is 0. The van der Waals surface area contributed by atoms with Crippen molar-refractivity contribution in [3.05, 3.63) is 50.6 Å². The number of fused-ring (bicyclic) bond motifs is 1. The molecule has 2 aromatic rings. The lowest BCUT2D eigenvalue weighted by Crippen LogP contribution is -2.34. The molecular weight excluding hydrogens is 282 g/mol. The number of hydrogen-bond acceptors (Lipinski definition) is 4. The Morgan fingerprint density at radius 3 is 3.05 bits per heavy atom. The van der Waals surface area contributed by atoms with E-state index in [2.05, 4.69) is 23.3 Å². The summed E-state index contributed by atoms with van der Waals surface area (Å²) in [5, 5.41) is 2.19. The van der Waals surface area contributed by atoms with Gasteiger partial charge in [0.15, 0.2) is 0 Å². The van der Waals surface area contributed by atoms with E-state index < -0.39 is 0 Å². The third-order valence-corrected chi connectivity index (χ3v) is 5.25. The van der Waals surface area contributed by atoms with Crippen molar-refractivity contribution in [1.82, 2.24) is 9.47 Å². The van der Waals surface area contributed by atoms with Gasteiger partial charge in [-0.3, -0.25) is 9.69 Å². The molecule has 0 amide bonds. The van der Waals surface area contributed by atoms with Crippen molar-refractivity contribution in [2.75, 3.05) is 18.8 Å². The predicted octanol–water partition coefficient (Wildman–Crippen LogP) is 2.50. The van der Waals surface area contributed by atoms with Crippen LogP contribution >= 0.6 is 11.3 Å². The molecule has 3 rings (SSSR count). The molecule has 0 spiro atoms. The average molecular weight is 303 g/mol. The van der Waals surface area contributed by atoms with Gasteiger partial charge in [0.05, 0.1) is 0 Å². The molecule has 3 heterocycles. The van der Waals surface area contributed by atoms with Crippen LogP contribution in [0.5, 0.6) is 0 Å². The summed E-state index contributed by atoms with van der Waals surface area (Å²) in [5.74, 6) is 0. The second kappa shape index (κ2) is 6.03. The van der Waals surface area contributed by atoms with Crippen LogP contribution in [0.2, 0.25) is 0 Å². The molecule has 0 radical (unpaired) electrons. The SMILES string of the molecule is CC1c2ccsc2CCN1CCCn1cc(N)ccc1=O. The number of nitrogen functional groups attached to an aromatic ring is 1. The smallest absolute Gasteiger partial charge is 0.250 e. The van der Waals surface area contributed by atoms with E-state index in [1.54, 1.807) is 16.8 Å². The maximum atomic E-state index is 11.7. The summed E-state index contributed by atoms with van der Waals surface area (Å²) in [6.45, 7) is 5.12. The number of anilines is 1. The zero-order valence-corrected chi connectivity index (χ0v) is 13.1. The van der Waals surface area contributed by atoms with Gasteiger partial charge in [-0.1, -0.05) is 0 Å². The van der Waals surface area contributed by atoms with Gasteiger partial charge in [0.2, 0.25) is 0 Å². The molecule has 0 aromatic carbocycles. The van der Waals surface area contributed by atoms with E-state index in [1.165, 1.54) is 16.5 Å². The van der Waals surface area contributed by atoms with Gasteiger partial charge in [0.1, 0.15) is 0 Å². The summed E-state index contributed by atoms with van der Waals surface area (Å²) >= 11 is 1.87. The summed E-state index contributed by atoms with van der Waals surface area (Å²) in [6, 6.07) is 5.93. The number of aromatic nitrogens is 1. The van der Waals surface area contributed by atoms with E-state index in [-0.39, 0.29) is 5.56 Å².